The van der Waals surface area contributed by atoms with Crippen LogP contribution in [0.25, 0.3) is 0 Å². The van der Waals surface area contributed by atoms with Crippen molar-refractivity contribution in [3.8, 4) is 0 Å². The summed E-state index contributed by atoms with van der Waals surface area (Å²) in [5.41, 5.74) is -0.561. The third-order valence-electron chi connectivity index (χ3n) is 2.78. The van der Waals surface area contributed by atoms with E-state index in [4.69, 9.17) is 5.11 Å². The van der Waals surface area contributed by atoms with E-state index in [1.807, 2.05) is 0 Å². The number of nitrogens with zero attached hydrogens (tertiary/aromatic N) is 1. The van der Waals surface area contributed by atoms with Crippen molar-refractivity contribution < 1.29 is 14.7 Å². The highest BCUT2D eigenvalue weighted by Gasteiger charge is 2.39. The van der Waals surface area contributed by atoms with E-state index in [-0.39, 0.29) is 5.91 Å². The summed E-state index contributed by atoms with van der Waals surface area (Å²) in [6, 6.07) is 0. The maximum Gasteiger partial charge on any atom is 0.316 e. The summed E-state index contributed by atoms with van der Waals surface area (Å²) in [6.45, 7) is 10.1. The molecule has 1 N–H and O–H groups in total. The second-order valence-corrected chi connectivity index (χ2v) is 6.08. The van der Waals surface area contributed by atoms with Crippen molar-refractivity contribution in [3.63, 3.8) is 0 Å². The maximum atomic E-state index is 12.1. The van der Waals surface area contributed by atoms with Gasteiger partial charge in [-0.2, -0.15) is 0 Å². The molecule has 0 rings (SSSR count). The van der Waals surface area contributed by atoms with Crippen molar-refractivity contribution in [1.82, 2.24) is 4.90 Å². The number of aliphatic carboxylic acids is 1. The molecule has 0 spiro atoms. The van der Waals surface area contributed by atoms with Gasteiger partial charge >= 0.3 is 5.97 Å². The molecular formula is C13H25NO3. The second-order valence-electron chi connectivity index (χ2n) is 6.08. The zero-order valence-corrected chi connectivity index (χ0v) is 11.8. The van der Waals surface area contributed by atoms with E-state index >= 15 is 0 Å². The van der Waals surface area contributed by atoms with Crippen molar-refractivity contribution in [2.24, 2.45) is 17.3 Å². The molecule has 0 aromatic heterocycles. The van der Waals surface area contributed by atoms with Crippen LogP contribution in [0.15, 0.2) is 0 Å². The van der Waals surface area contributed by atoms with Crippen LogP contribution in [0.4, 0.5) is 0 Å². The molecule has 0 radical (unpaired) electrons. The minimum absolute atomic E-state index is 0.300. The van der Waals surface area contributed by atoms with Gasteiger partial charge in [-0.1, -0.05) is 34.6 Å². The van der Waals surface area contributed by atoms with Crippen molar-refractivity contribution in [3.05, 3.63) is 0 Å². The molecule has 0 saturated heterocycles. The van der Waals surface area contributed by atoms with Gasteiger partial charge in [0, 0.05) is 13.6 Å². The zero-order valence-electron chi connectivity index (χ0n) is 11.8. The van der Waals surface area contributed by atoms with E-state index in [1.165, 1.54) is 4.90 Å². The maximum absolute atomic E-state index is 12.1. The van der Waals surface area contributed by atoms with Gasteiger partial charge in [0.2, 0.25) is 5.91 Å². The largest absolute Gasteiger partial charge is 0.481 e. The van der Waals surface area contributed by atoms with Crippen LogP contribution in [-0.2, 0) is 9.59 Å². The third-order valence-corrected chi connectivity index (χ3v) is 2.78. The van der Waals surface area contributed by atoms with E-state index in [1.54, 1.807) is 27.8 Å². The molecule has 0 aliphatic heterocycles. The molecule has 1 amide bonds. The third kappa shape index (κ3) is 5.20. The van der Waals surface area contributed by atoms with E-state index in [0.717, 1.165) is 6.42 Å². The van der Waals surface area contributed by atoms with Crippen LogP contribution in [0.2, 0.25) is 0 Å². The van der Waals surface area contributed by atoms with Gasteiger partial charge in [0.15, 0.2) is 0 Å². The van der Waals surface area contributed by atoms with Crippen LogP contribution in [-0.4, -0.2) is 35.5 Å². The van der Waals surface area contributed by atoms with Crippen molar-refractivity contribution in [2.75, 3.05) is 13.6 Å². The number of carbonyl (C=O) groups is 2. The molecule has 0 fully saturated rings. The molecule has 100 valence electrons. The first-order valence-electron chi connectivity index (χ1n) is 6.05. The molecule has 0 saturated carbocycles. The average Bonchev–Trinajstić information content (AvgIpc) is 2.10. The number of hydrogen-bond acceptors (Lipinski definition) is 2. The fourth-order valence-electron chi connectivity index (χ4n) is 1.63. The van der Waals surface area contributed by atoms with Crippen LogP contribution < -0.4 is 0 Å². The van der Waals surface area contributed by atoms with Gasteiger partial charge in [0.1, 0.15) is 5.92 Å². The number of carboxylic acid groups (broad SMARTS) is 1. The Labute approximate surface area is 104 Å². The Hall–Kier alpha value is -1.06. The van der Waals surface area contributed by atoms with Crippen LogP contribution >= 0.6 is 0 Å². The summed E-state index contributed by atoms with van der Waals surface area (Å²) in [4.78, 5) is 24.8. The van der Waals surface area contributed by atoms with Crippen molar-refractivity contribution in [1.29, 1.82) is 0 Å². The number of amides is 1. The van der Waals surface area contributed by atoms with Gasteiger partial charge in [-0.3, -0.25) is 9.59 Å². The lowest BCUT2D eigenvalue weighted by Crippen LogP contribution is -2.44. The molecule has 0 aliphatic carbocycles. The van der Waals surface area contributed by atoms with Gasteiger partial charge in [-0.15, -0.1) is 0 Å². The second kappa shape index (κ2) is 6.03. The summed E-state index contributed by atoms with van der Waals surface area (Å²) < 4.78 is 0. The van der Waals surface area contributed by atoms with Crippen molar-refractivity contribution in [2.45, 2.75) is 41.0 Å². The predicted molar refractivity (Wildman–Crippen MR) is 67.7 cm³/mol. The summed E-state index contributed by atoms with van der Waals surface area (Å²) in [5, 5.41) is 9.16. The normalized spacial score (nSPS) is 13.6. The Bertz CT molecular complexity index is 279. The number of carbonyl (C=O) groups excluding carboxylic acids is 1. The molecule has 0 aromatic rings. The van der Waals surface area contributed by atoms with Crippen LogP contribution in [0.5, 0.6) is 0 Å². The highest BCUT2D eigenvalue weighted by atomic mass is 16.4. The van der Waals surface area contributed by atoms with Crippen LogP contribution in [0.3, 0.4) is 0 Å². The molecule has 17 heavy (non-hydrogen) atoms. The summed E-state index contributed by atoms with van der Waals surface area (Å²) >= 11 is 0. The van der Waals surface area contributed by atoms with Crippen molar-refractivity contribution >= 4 is 11.9 Å². The molecule has 4 heteroatoms. The first kappa shape index (κ1) is 15.9. The molecule has 1 atom stereocenters. The summed E-state index contributed by atoms with van der Waals surface area (Å²) in [6.07, 6.45) is 0.888. The average molecular weight is 243 g/mol. The van der Waals surface area contributed by atoms with E-state index in [2.05, 4.69) is 13.8 Å². The summed E-state index contributed by atoms with van der Waals surface area (Å²) in [5.74, 6) is -1.81. The van der Waals surface area contributed by atoms with Crippen LogP contribution in [0.1, 0.15) is 41.0 Å². The van der Waals surface area contributed by atoms with Gasteiger partial charge < -0.3 is 10.0 Å². The first-order chi connectivity index (χ1) is 7.57. The monoisotopic (exact) mass is 243 g/mol. The van der Waals surface area contributed by atoms with Crippen LogP contribution in [0, 0.1) is 17.3 Å². The fourth-order valence-corrected chi connectivity index (χ4v) is 1.63. The molecule has 0 bridgehead atoms. The molecular weight excluding hydrogens is 218 g/mol. The highest BCUT2D eigenvalue weighted by molar-refractivity contribution is 5.97. The molecule has 0 heterocycles. The van der Waals surface area contributed by atoms with Gasteiger partial charge in [0.05, 0.1) is 0 Å². The Kier molecular flexibility index (Phi) is 5.66. The van der Waals surface area contributed by atoms with E-state index in [0.29, 0.717) is 12.5 Å². The predicted octanol–water partition coefficient (Wildman–Crippen LogP) is 2.24. The molecule has 1 unspecified atom stereocenters. The first-order valence-corrected chi connectivity index (χ1v) is 6.05. The minimum Gasteiger partial charge on any atom is -0.481 e. The van der Waals surface area contributed by atoms with Gasteiger partial charge in [0.25, 0.3) is 0 Å². The lowest BCUT2D eigenvalue weighted by atomic mass is 9.80. The van der Waals surface area contributed by atoms with Gasteiger partial charge in [-0.05, 0) is 17.8 Å². The minimum atomic E-state index is -1.04. The summed E-state index contributed by atoms with van der Waals surface area (Å²) in [7, 11) is 1.67. The number of hydrogen-bond donors (Lipinski definition) is 1. The highest BCUT2D eigenvalue weighted by Crippen LogP contribution is 2.27. The van der Waals surface area contributed by atoms with E-state index in [9.17, 15) is 9.59 Å². The number of rotatable bonds is 5. The Morgan fingerprint density at radius 3 is 2.00 bits per heavy atom. The molecule has 4 nitrogen and oxygen atoms in total. The molecule has 0 aromatic carbocycles. The SMILES string of the molecule is CC(C)CCN(C)C(=O)C(C(=O)O)C(C)(C)C. The zero-order chi connectivity index (χ0) is 13.8. The quantitative estimate of drug-likeness (QED) is 0.753. The lowest BCUT2D eigenvalue weighted by molar-refractivity contribution is -0.155. The Morgan fingerprint density at radius 1 is 1.24 bits per heavy atom. The number of carboxylic acids is 1. The van der Waals surface area contributed by atoms with E-state index < -0.39 is 17.3 Å². The fraction of sp³-hybridized carbons (Fsp3) is 0.846. The standard InChI is InChI=1S/C13H25NO3/c1-9(2)7-8-14(6)11(15)10(12(16)17)13(3,4)5/h9-10H,7-8H2,1-6H3,(H,16,17). The Morgan fingerprint density at radius 2 is 1.71 bits per heavy atom. The lowest BCUT2D eigenvalue weighted by Gasteiger charge is -2.30. The smallest absolute Gasteiger partial charge is 0.316 e. The van der Waals surface area contributed by atoms with Gasteiger partial charge in [-0.25, -0.2) is 0 Å². The molecule has 0 aliphatic rings. The Balaban J connectivity index is 4.69. The topological polar surface area (TPSA) is 57.6 Å².